The lowest BCUT2D eigenvalue weighted by Gasteiger charge is -2.14. The molecule has 0 radical (unpaired) electrons. The zero-order valence-corrected chi connectivity index (χ0v) is 13.0. The number of nitrogens with two attached hydrogens (primary N) is 1. The Hall–Kier alpha value is -1.30. The largest absolute Gasteiger partial charge is 0.493 e. The molecule has 0 bridgehead atoms. The first-order valence-electron chi connectivity index (χ1n) is 6.23. The molecular formula is C14H17ClN2O2S. The average molecular weight is 313 g/mol. The molecule has 0 aliphatic carbocycles. The summed E-state index contributed by atoms with van der Waals surface area (Å²) in [4.78, 5) is 4.17. The molecule has 6 heteroatoms. The second-order valence-corrected chi connectivity index (χ2v) is 5.89. The van der Waals surface area contributed by atoms with Gasteiger partial charge in [0.05, 0.1) is 12.1 Å². The predicted octanol–water partition coefficient (Wildman–Crippen LogP) is 3.27. The number of benzene rings is 1. The Morgan fingerprint density at radius 2 is 2.25 bits per heavy atom. The summed E-state index contributed by atoms with van der Waals surface area (Å²) in [5.74, 6) is 1.16. The zero-order valence-electron chi connectivity index (χ0n) is 11.4. The van der Waals surface area contributed by atoms with Gasteiger partial charge < -0.3 is 15.2 Å². The van der Waals surface area contributed by atoms with E-state index >= 15 is 0 Å². The number of aromatic nitrogens is 1. The number of rotatable bonds is 6. The molecule has 1 unspecified atom stereocenters. The Bertz CT molecular complexity index is 559. The van der Waals surface area contributed by atoms with Crippen LogP contribution in [0.25, 0.3) is 0 Å². The molecule has 2 aromatic rings. The van der Waals surface area contributed by atoms with Gasteiger partial charge in [0.1, 0.15) is 11.6 Å². The van der Waals surface area contributed by atoms with Gasteiger partial charge in [-0.15, -0.1) is 11.3 Å². The summed E-state index contributed by atoms with van der Waals surface area (Å²) in [6, 6.07) is 3.84. The Morgan fingerprint density at radius 3 is 2.85 bits per heavy atom. The maximum Gasteiger partial charge on any atom is 0.180 e. The average Bonchev–Trinajstić information content (AvgIpc) is 2.89. The van der Waals surface area contributed by atoms with Crippen LogP contribution in [0.3, 0.4) is 0 Å². The highest BCUT2D eigenvalue weighted by molar-refractivity contribution is 7.09. The molecule has 0 aliphatic rings. The maximum absolute atomic E-state index is 6.27. The molecule has 0 fully saturated rings. The van der Waals surface area contributed by atoms with Crippen molar-refractivity contribution in [2.45, 2.75) is 26.0 Å². The molecule has 20 heavy (non-hydrogen) atoms. The number of ether oxygens (including phenoxy) is 2. The molecule has 0 aliphatic heterocycles. The summed E-state index contributed by atoms with van der Waals surface area (Å²) in [6.45, 7) is 2.33. The van der Waals surface area contributed by atoms with Gasteiger partial charge >= 0.3 is 0 Å². The molecule has 0 saturated heterocycles. The van der Waals surface area contributed by atoms with Crippen molar-refractivity contribution in [3.05, 3.63) is 39.3 Å². The lowest BCUT2D eigenvalue weighted by molar-refractivity contribution is 0.284. The fraction of sp³-hybridized carbons (Fsp3) is 0.357. The van der Waals surface area contributed by atoms with Crippen LogP contribution in [0.2, 0.25) is 5.02 Å². The first-order valence-corrected chi connectivity index (χ1v) is 7.49. The van der Waals surface area contributed by atoms with Gasteiger partial charge in [0.25, 0.3) is 0 Å². The first-order chi connectivity index (χ1) is 9.60. The van der Waals surface area contributed by atoms with Crippen molar-refractivity contribution in [2.75, 3.05) is 7.11 Å². The number of hydrogen-bond donors (Lipinski definition) is 1. The molecule has 1 aromatic carbocycles. The summed E-state index contributed by atoms with van der Waals surface area (Å²) < 4.78 is 11.1. The Kier molecular flexibility index (Phi) is 5.23. The van der Waals surface area contributed by atoms with Gasteiger partial charge in [0, 0.05) is 17.6 Å². The van der Waals surface area contributed by atoms with Gasteiger partial charge in [-0.1, -0.05) is 11.6 Å². The smallest absolute Gasteiger partial charge is 0.180 e. The SMILES string of the molecule is COc1cc(CC(C)N)cc(Cl)c1OCc1nccs1. The zero-order chi connectivity index (χ0) is 14.5. The van der Waals surface area contributed by atoms with E-state index < -0.39 is 0 Å². The minimum Gasteiger partial charge on any atom is -0.493 e. The highest BCUT2D eigenvalue weighted by Crippen LogP contribution is 2.37. The van der Waals surface area contributed by atoms with Crippen LogP contribution in [0.4, 0.5) is 0 Å². The monoisotopic (exact) mass is 312 g/mol. The molecule has 4 nitrogen and oxygen atoms in total. The summed E-state index contributed by atoms with van der Waals surface area (Å²) in [5.41, 5.74) is 6.84. The maximum atomic E-state index is 6.27. The molecular weight excluding hydrogens is 296 g/mol. The van der Waals surface area contributed by atoms with Crippen LogP contribution in [-0.4, -0.2) is 18.1 Å². The van der Waals surface area contributed by atoms with E-state index in [4.69, 9.17) is 26.8 Å². The normalized spacial score (nSPS) is 12.2. The summed E-state index contributed by atoms with van der Waals surface area (Å²) in [5, 5.41) is 3.32. The Morgan fingerprint density at radius 1 is 1.45 bits per heavy atom. The Balaban J connectivity index is 2.18. The van der Waals surface area contributed by atoms with Gasteiger partial charge in [-0.05, 0) is 31.0 Å². The minimum absolute atomic E-state index is 0.0675. The minimum atomic E-state index is 0.0675. The van der Waals surface area contributed by atoms with Crippen LogP contribution in [0.15, 0.2) is 23.7 Å². The second-order valence-electron chi connectivity index (χ2n) is 4.50. The second kappa shape index (κ2) is 6.92. The van der Waals surface area contributed by atoms with Crippen molar-refractivity contribution in [3.63, 3.8) is 0 Å². The molecule has 0 spiro atoms. The van der Waals surface area contributed by atoms with Crippen LogP contribution in [0.5, 0.6) is 11.5 Å². The summed E-state index contributed by atoms with van der Waals surface area (Å²) >= 11 is 7.81. The Labute approximate surface area is 127 Å². The van der Waals surface area contributed by atoms with E-state index in [1.165, 1.54) is 11.3 Å². The van der Waals surface area contributed by atoms with Crippen LogP contribution in [0, 0.1) is 0 Å². The number of nitrogens with zero attached hydrogens (tertiary/aromatic N) is 1. The number of methoxy groups -OCH3 is 1. The fourth-order valence-electron chi connectivity index (χ4n) is 1.86. The van der Waals surface area contributed by atoms with Gasteiger partial charge in [-0.25, -0.2) is 4.98 Å². The summed E-state index contributed by atoms with van der Waals surface area (Å²) in [6.07, 6.45) is 2.48. The lowest BCUT2D eigenvalue weighted by Crippen LogP contribution is -2.17. The van der Waals surface area contributed by atoms with Crippen molar-refractivity contribution in [3.8, 4) is 11.5 Å². The standard InChI is InChI=1S/C14H17ClN2O2S/c1-9(16)5-10-6-11(15)14(12(7-10)18-2)19-8-13-17-3-4-20-13/h3-4,6-7,9H,5,8,16H2,1-2H3. The fourth-order valence-corrected chi connectivity index (χ4v) is 2.68. The van der Waals surface area contributed by atoms with Crippen molar-refractivity contribution in [2.24, 2.45) is 5.73 Å². The third-order valence-corrected chi connectivity index (χ3v) is 3.70. The van der Waals surface area contributed by atoms with E-state index in [2.05, 4.69) is 4.98 Å². The van der Waals surface area contributed by atoms with Crippen molar-refractivity contribution < 1.29 is 9.47 Å². The highest BCUT2D eigenvalue weighted by atomic mass is 35.5. The molecule has 0 amide bonds. The van der Waals surface area contributed by atoms with E-state index in [9.17, 15) is 0 Å². The quantitative estimate of drug-likeness (QED) is 0.889. The molecule has 0 saturated carbocycles. The topological polar surface area (TPSA) is 57.4 Å². The molecule has 2 rings (SSSR count). The van der Waals surface area contributed by atoms with Crippen LogP contribution in [0.1, 0.15) is 17.5 Å². The molecule has 2 N–H and O–H groups in total. The third-order valence-electron chi connectivity index (χ3n) is 2.67. The third kappa shape index (κ3) is 3.85. The highest BCUT2D eigenvalue weighted by Gasteiger charge is 2.13. The summed E-state index contributed by atoms with van der Waals surface area (Å²) in [7, 11) is 1.59. The first kappa shape index (κ1) is 15.1. The molecule has 1 heterocycles. The van der Waals surface area contributed by atoms with Gasteiger partial charge in [0.15, 0.2) is 11.5 Å². The van der Waals surface area contributed by atoms with Gasteiger partial charge in [0.2, 0.25) is 0 Å². The van der Waals surface area contributed by atoms with Crippen molar-refractivity contribution >= 4 is 22.9 Å². The van der Waals surface area contributed by atoms with Crippen LogP contribution >= 0.6 is 22.9 Å². The van der Waals surface area contributed by atoms with E-state index in [0.29, 0.717) is 23.1 Å². The van der Waals surface area contributed by atoms with E-state index in [0.717, 1.165) is 17.0 Å². The van der Waals surface area contributed by atoms with E-state index in [1.54, 1.807) is 13.3 Å². The van der Waals surface area contributed by atoms with E-state index in [-0.39, 0.29) is 6.04 Å². The van der Waals surface area contributed by atoms with Gasteiger partial charge in [-0.3, -0.25) is 0 Å². The number of hydrogen-bond acceptors (Lipinski definition) is 5. The van der Waals surface area contributed by atoms with Crippen molar-refractivity contribution in [1.29, 1.82) is 0 Å². The number of halogens is 1. The lowest BCUT2D eigenvalue weighted by atomic mass is 10.1. The van der Waals surface area contributed by atoms with Crippen LogP contribution in [-0.2, 0) is 13.0 Å². The predicted molar refractivity (Wildman–Crippen MR) is 81.8 cm³/mol. The molecule has 1 aromatic heterocycles. The number of thiazole rings is 1. The van der Waals surface area contributed by atoms with Crippen LogP contribution < -0.4 is 15.2 Å². The van der Waals surface area contributed by atoms with E-state index in [1.807, 2.05) is 24.4 Å². The molecule has 108 valence electrons. The van der Waals surface area contributed by atoms with Crippen molar-refractivity contribution in [1.82, 2.24) is 4.98 Å². The molecule has 1 atom stereocenters. The van der Waals surface area contributed by atoms with Gasteiger partial charge in [-0.2, -0.15) is 0 Å².